The minimum absolute atomic E-state index is 0.192. The molecule has 0 saturated carbocycles. The van der Waals surface area contributed by atoms with Crippen molar-refractivity contribution in [3.8, 4) is 5.75 Å². The van der Waals surface area contributed by atoms with Gasteiger partial charge in [-0.3, -0.25) is 14.4 Å². The maximum Gasteiger partial charge on any atom is 0.573 e. The van der Waals surface area contributed by atoms with Gasteiger partial charge in [0.2, 0.25) is 11.7 Å². The second kappa shape index (κ2) is 7.78. The molecule has 2 fully saturated rings. The van der Waals surface area contributed by atoms with E-state index in [0.717, 1.165) is 12.0 Å². The summed E-state index contributed by atoms with van der Waals surface area (Å²) in [7, 11) is 0. The zero-order valence-corrected chi connectivity index (χ0v) is 18.4. The first kappa shape index (κ1) is 22.6. The molecule has 2 unspecified atom stereocenters. The van der Waals surface area contributed by atoms with Crippen molar-refractivity contribution in [2.75, 3.05) is 0 Å². The first-order valence-electron chi connectivity index (χ1n) is 11.0. The highest BCUT2D eigenvalue weighted by Crippen LogP contribution is 2.40. The molecule has 1 aromatic carbocycles. The third-order valence-corrected chi connectivity index (χ3v) is 7.19. The number of fused-ring (bicyclic) bond motifs is 5. The quantitative estimate of drug-likeness (QED) is 0.655. The number of Topliss-reactive ketones (excluding diaryl/α,β-unsaturated/α-hetero) is 1. The van der Waals surface area contributed by atoms with E-state index in [-0.39, 0.29) is 30.3 Å². The molecule has 4 rings (SSSR count). The molecule has 0 radical (unpaired) electrons. The lowest BCUT2D eigenvalue weighted by atomic mass is 9.78. The van der Waals surface area contributed by atoms with Crippen LogP contribution in [0.25, 0.3) is 0 Å². The number of carbonyl (C=O) groups is 3. The summed E-state index contributed by atoms with van der Waals surface area (Å²) < 4.78 is 42.0. The Hall–Kier alpha value is -2.58. The molecule has 0 N–H and O–H groups in total. The van der Waals surface area contributed by atoms with Gasteiger partial charge in [0.25, 0.3) is 5.91 Å². The number of ether oxygens (including phenoxy) is 1. The van der Waals surface area contributed by atoms with Gasteiger partial charge in [0, 0.05) is 12.0 Å². The fraction of sp³-hybridized carbons (Fsp3) is 0.609. The number of hydrogen-bond acceptors (Lipinski definition) is 4. The van der Waals surface area contributed by atoms with Gasteiger partial charge in [-0.25, -0.2) is 0 Å². The van der Waals surface area contributed by atoms with Crippen molar-refractivity contribution in [3.05, 3.63) is 29.3 Å². The summed E-state index contributed by atoms with van der Waals surface area (Å²) in [5.41, 5.74) is 0.608. The molecule has 9 heteroatoms. The van der Waals surface area contributed by atoms with Gasteiger partial charge in [-0.15, -0.1) is 13.2 Å². The number of benzene rings is 1. The Morgan fingerprint density at radius 2 is 1.84 bits per heavy atom. The molecule has 0 aromatic heterocycles. The zero-order valence-electron chi connectivity index (χ0n) is 18.4. The van der Waals surface area contributed by atoms with Crippen LogP contribution in [0.1, 0.15) is 57.6 Å². The first-order valence-corrected chi connectivity index (χ1v) is 11.0. The minimum atomic E-state index is -4.79. The Bertz CT molecular complexity index is 959. The maximum atomic E-state index is 13.3. The van der Waals surface area contributed by atoms with E-state index < -0.39 is 29.5 Å². The summed E-state index contributed by atoms with van der Waals surface area (Å²) in [5, 5.41) is 0. The minimum Gasteiger partial charge on any atom is -0.406 e. The van der Waals surface area contributed by atoms with Crippen molar-refractivity contribution in [2.45, 2.75) is 83.9 Å². The lowest BCUT2D eigenvalue weighted by molar-refractivity contribution is -0.274. The lowest BCUT2D eigenvalue weighted by Gasteiger charge is -2.55. The SMILES string of the molecule is CCC(C)(C)C(=O)C(=O)N1C2CCCC1[C@@H]1Cc3cc(OC(F)(F)F)ccc3CN1C2=O. The molecule has 3 heterocycles. The number of hydrogen-bond donors (Lipinski definition) is 0. The largest absolute Gasteiger partial charge is 0.573 e. The second-order valence-corrected chi connectivity index (χ2v) is 9.51. The second-order valence-electron chi connectivity index (χ2n) is 9.51. The van der Waals surface area contributed by atoms with E-state index >= 15 is 0 Å². The van der Waals surface area contributed by atoms with Crippen molar-refractivity contribution in [1.82, 2.24) is 9.80 Å². The van der Waals surface area contributed by atoms with Gasteiger partial charge in [-0.05, 0) is 55.4 Å². The Morgan fingerprint density at radius 3 is 2.50 bits per heavy atom. The number of nitrogens with zero attached hydrogens (tertiary/aromatic N) is 2. The van der Waals surface area contributed by atoms with Gasteiger partial charge in [-0.2, -0.15) is 0 Å². The summed E-state index contributed by atoms with van der Waals surface area (Å²) in [5.74, 6) is -1.63. The Balaban J connectivity index is 1.66. The van der Waals surface area contributed by atoms with Crippen molar-refractivity contribution >= 4 is 17.6 Å². The Labute approximate surface area is 184 Å². The van der Waals surface area contributed by atoms with Crippen LogP contribution in [-0.2, 0) is 27.3 Å². The number of amides is 2. The predicted molar refractivity (Wildman–Crippen MR) is 109 cm³/mol. The highest BCUT2D eigenvalue weighted by atomic mass is 19.4. The number of piperidine rings is 1. The van der Waals surface area contributed by atoms with Gasteiger partial charge in [-0.1, -0.05) is 26.8 Å². The molecule has 2 bridgehead atoms. The Morgan fingerprint density at radius 1 is 1.12 bits per heavy atom. The van der Waals surface area contributed by atoms with Gasteiger partial charge in [0.05, 0.1) is 12.1 Å². The fourth-order valence-corrected chi connectivity index (χ4v) is 5.07. The standard InChI is InChI=1S/C23H27F3N2O4/c1-4-22(2,3)19(29)21(31)28-16-6-5-7-17(28)20(30)27-12-13-8-9-15(32-23(24,25)26)10-14(13)11-18(16)27/h8-10,16-18H,4-7,11-12H2,1-3H3/t16?,17?,18-/m0/s1. The van der Waals surface area contributed by atoms with Crippen LogP contribution in [-0.4, -0.2) is 51.9 Å². The van der Waals surface area contributed by atoms with Gasteiger partial charge >= 0.3 is 6.36 Å². The molecule has 32 heavy (non-hydrogen) atoms. The molecule has 1 aromatic rings. The summed E-state index contributed by atoms with van der Waals surface area (Å²) in [6.07, 6.45) is -2.07. The number of alkyl halides is 3. The van der Waals surface area contributed by atoms with Crippen LogP contribution in [0.2, 0.25) is 0 Å². The third-order valence-electron chi connectivity index (χ3n) is 7.19. The van der Waals surface area contributed by atoms with E-state index in [1.54, 1.807) is 24.8 Å². The molecule has 6 nitrogen and oxygen atoms in total. The molecular weight excluding hydrogens is 425 g/mol. The molecule has 174 valence electrons. The number of halogens is 3. The first-order chi connectivity index (χ1) is 14.9. The topological polar surface area (TPSA) is 66.9 Å². The van der Waals surface area contributed by atoms with Crippen molar-refractivity contribution in [3.63, 3.8) is 0 Å². The van der Waals surface area contributed by atoms with Crippen LogP contribution in [0.3, 0.4) is 0 Å². The van der Waals surface area contributed by atoms with E-state index in [9.17, 15) is 27.6 Å². The highest BCUT2D eigenvalue weighted by Gasteiger charge is 2.53. The van der Waals surface area contributed by atoms with Crippen LogP contribution < -0.4 is 4.74 Å². The maximum absolute atomic E-state index is 13.3. The molecule has 3 aliphatic rings. The smallest absolute Gasteiger partial charge is 0.406 e. The average molecular weight is 452 g/mol. The van der Waals surface area contributed by atoms with E-state index in [2.05, 4.69) is 4.74 Å². The van der Waals surface area contributed by atoms with Gasteiger partial charge < -0.3 is 14.5 Å². The zero-order chi connectivity index (χ0) is 23.4. The monoisotopic (exact) mass is 452 g/mol. The van der Waals surface area contributed by atoms with E-state index in [1.807, 2.05) is 6.92 Å². The molecule has 2 saturated heterocycles. The molecule has 3 aliphatic heterocycles. The number of ketones is 1. The van der Waals surface area contributed by atoms with Crippen LogP contribution in [0.15, 0.2) is 18.2 Å². The van der Waals surface area contributed by atoms with Gasteiger partial charge in [0.1, 0.15) is 11.8 Å². The van der Waals surface area contributed by atoms with Gasteiger partial charge in [0.15, 0.2) is 0 Å². The lowest BCUT2D eigenvalue weighted by Crippen LogP contribution is -2.71. The van der Waals surface area contributed by atoms with Crippen LogP contribution in [0.4, 0.5) is 13.2 Å². The average Bonchev–Trinajstić information content (AvgIpc) is 2.74. The Kier molecular flexibility index (Phi) is 5.49. The van der Waals surface area contributed by atoms with E-state index in [4.69, 9.17) is 0 Å². The number of carbonyl (C=O) groups excluding carboxylic acids is 3. The summed E-state index contributed by atoms with van der Waals surface area (Å²) in [6.45, 7) is 5.56. The fourth-order valence-electron chi connectivity index (χ4n) is 5.07. The van der Waals surface area contributed by atoms with Crippen LogP contribution in [0.5, 0.6) is 5.75 Å². The highest BCUT2D eigenvalue weighted by molar-refractivity contribution is 6.38. The van der Waals surface area contributed by atoms with Crippen LogP contribution >= 0.6 is 0 Å². The molecule has 0 spiro atoms. The molecular formula is C23H27F3N2O4. The van der Waals surface area contributed by atoms with Crippen molar-refractivity contribution in [1.29, 1.82) is 0 Å². The van der Waals surface area contributed by atoms with E-state index in [1.165, 1.54) is 17.0 Å². The summed E-state index contributed by atoms with van der Waals surface area (Å²) >= 11 is 0. The van der Waals surface area contributed by atoms with Crippen LogP contribution in [0, 0.1) is 5.41 Å². The van der Waals surface area contributed by atoms with Crippen molar-refractivity contribution in [2.24, 2.45) is 5.41 Å². The number of rotatable bonds is 4. The summed E-state index contributed by atoms with van der Waals surface area (Å²) in [6, 6.07) is 2.79. The summed E-state index contributed by atoms with van der Waals surface area (Å²) in [4.78, 5) is 42.7. The third kappa shape index (κ3) is 3.86. The van der Waals surface area contributed by atoms with Crippen molar-refractivity contribution < 1.29 is 32.3 Å². The molecule has 3 atom stereocenters. The molecule has 2 amide bonds. The molecule has 0 aliphatic carbocycles. The van der Waals surface area contributed by atoms with E-state index in [0.29, 0.717) is 31.2 Å². The normalized spacial score (nSPS) is 25.2. The number of piperazine rings is 1. The predicted octanol–water partition coefficient (Wildman–Crippen LogP) is 3.61.